The Kier molecular flexibility index (Phi) is 6.37. The molecule has 2 aromatic rings. The molecular weight excluding hydrogens is 370 g/mol. The van der Waals surface area contributed by atoms with Crippen LogP contribution >= 0.6 is 15.9 Å². The van der Waals surface area contributed by atoms with E-state index >= 15 is 0 Å². The molecule has 0 aliphatic carbocycles. The van der Waals surface area contributed by atoms with E-state index < -0.39 is 0 Å². The van der Waals surface area contributed by atoms with Crippen LogP contribution in [0.2, 0.25) is 0 Å². The van der Waals surface area contributed by atoms with Crippen LogP contribution in [0.25, 0.3) is 0 Å². The van der Waals surface area contributed by atoms with Gasteiger partial charge in [-0.15, -0.1) is 0 Å². The van der Waals surface area contributed by atoms with Crippen molar-refractivity contribution in [3.8, 4) is 0 Å². The monoisotopic (exact) mass is 389 g/mol. The lowest BCUT2D eigenvalue weighted by molar-refractivity contribution is -0.114. The Morgan fingerprint density at radius 3 is 2.62 bits per heavy atom. The van der Waals surface area contributed by atoms with Crippen molar-refractivity contribution in [1.82, 2.24) is 5.32 Å². The summed E-state index contributed by atoms with van der Waals surface area (Å²) >= 11 is 3.41. The molecule has 0 aromatic heterocycles. The summed E-state index contributed by atoms with van der Waals surface area (Å²) in [6, 6.07) is 12.7. The average molecular weight is 390 g/mol. The number of aryl methyl sites for hydroxylation is 1. The van der Waals surface area contributed by atoms with Crippen molar-refractivity contribution in [3.63, 3.8) is 0 Å². The third-order valence-corrected chi connectivity index (χ3v) is 3.87. The Labute approximate surface area is 150 Å². The van der Waals surface area contributed by atoms with Gasteiger partial charge in [-0.1, -0.05) is 22.0 Å². The van der Waals surface area contributed by atoms with Crippen LogP contribution in [0.15, 0.2) is 46.9 Å². The molecule has 24 heavy (non-hydrogen) atoms. The number of hydrogen-bond donors (Lipinski definition) is 3. The first-order valence-corrected chi connectivity index (χ1v) is 8.47. The maximum absolute atomic E-state index is 12.1. The van der Waals surface area contributed by atoms with Crippen molar-refractivity contribution in [2.24, 2.45) is 0 Å². The van der Waals surface area contributed by atoms with Gasteiger partial charge in [0.2, 0.25) is 5.91 Å². The van der Waals surface area contributed by atoms with Crippen LogP contribution in [0.5, 0.6) is 0 Å². The number of halogens is 1. The van der Waals surface area contributed by atoms with E-state index in [1.165, 1.54) is 0 Å². The molecule has 0 fully saturated rings. The van der Waals surface area contributed by atoms with Gasteiger partial charge in [-0.3, -0.25) is 9.59 Å². The second kappa shape index (κ2) is 8.49. The summed E-state index contributed by atoms with van der Waals surface area (Å²) in [6.45, 7) is 4.54. The highest BCUT2D eigenvalue weighted by Gasteiger charge is 2.07. The fraction of sp³-hybridized carbons (Fsp3) is 0.222. The highest BCUT2D eigenvalue weighted by Crippen LogP contribution is 2.19. The Morgan fingerprint density at radius 1 is 1.12 bits per heavy atom. The van der Waals surface area contributed by atoms with Gasteiger partial charge in [-0.25, -0.2) is 0 Å². The predicted octanol–water partition coefficient (Wildman–Crippen LogP) is 3.56. The van der Waals surface area contributed by atoms with Crippen LogP contribution in [0.3, 0.4) is 0 Å². The quantitative estimate of drug-likeness (QED) is 0.707. The molecule has 2 aromatic carbocycles. The molecule has 0 spiro atoms. The van der Waals surface area contributed by atoms with Crippen molar-refractivity contribution < 1.29 is 9.59 Å². The van der Waals surface area contributed by atoms with Crippen LogP contribution in [0.4, 0.5) is 11.4 Å². The van der Waals surface area contributed by atoms with Gasteiger partial charge in [0.05, 0.1) is 6.54 Å². The topological polar surface area (TPSA) is 70.2 Å². The molecule has 0 bridgehead atoms. The van der Waals surface area contributed by atoms with Crippen molar-refractivity contribution in [2.45, 2.75) is 13.8 Å². The third kappa shape index (κ3) is 5.09. The maximum Gasteiger partial charge on any atom is 0.251 e. The SMILES string of the molecule is CCNC(=O)c1cccc(NC(=O)CNc2ccc(Br)cc2C)c1. The Bertz CT molecular complexity index is 747. The van der Waals surface area contributed by atoms with Crippen molar-refractivity contribution in [2.75, 3.05) is 23.7 Å². The molecule has 2 rings (SSSR count). The van der Waals surface area contributed by atoms with Crippen LogP contribution in [0.1, 0.15) is 22.8 Å². The molecular formula is C18H20BrN3O2. The minimum Gasteiger partial charge on any atom is -0.376 e. The Balaban J connectivity index is 1.95. The van der Waals surface area contributed by atoms with E-state index in [4.69, 9.17) is 0 Å². The van der Waals surface area contributed by atoms with E-state index in [-0.39, 0.29) is 18.4 Å². The molecule has 0 saturated heterocycles. The Hall–Kier alpha value is -2.34. The zero-order chi connectivity index (χ0) is 17.5. The van der Waals surface area contributed by atoms with E-state index in [1.807, 2.05) is 32.0 Å². The fourth-order valence-electron chi connectivity index (χ4n) is 2.21. The fourth-order valence-corrected chi connectivity index (χ4v) is 2.68. The summed E-state index contributed by atoms with van der Waals surface area (Å²) in [5.74, 6) is -0.331. The summed E-state index contributed by atoms with van der Waals surface area (Å²) in [5, 5.41) is 8.63. The summed E-state index contributed by atoms with van der Waals surface area (Å²) in [7, 11) is 0. The van der Waals surface area contributed by atoms with Crippen molar-refractivity contribution in [3.05, 3.63) is 58.1 Å². The average Bonchev–Trinajstić information content (AvgIpc) is 2.54. The van der Waals surface area contributed by atoms with Gasteiger partial charge in [-0.05, 0) is 55.8 Å². The van der Waals surface area contributed by atoms with E-state index in [0.29, 0.717) is 17.8 Å². The number of hydrogen-bond acceptors (Lipinski definition) is 3. The number of anilines is 2. The molecule has 0 radical (unpaired) electrons. The zero-order valence-electron chi connectivity index (χ0n) is 13.7. The zero-order valence-corrected chi connectivity index (χ0v) is 15.2. The molecule has 0 aliphatic rings. The van der Waals surface area contributed by atoms with E-state index in [0.717, 1.165) is 15.7 Å². The first-order chi connectivity index (χ1) is 11.5. The molecule has 0 aliphatic heterocycles. The minimum absolute atomic E-state index is 0.147. The van der Waals surface area contributed by atoms with Gasteiger partial charge in [0.25, 0.3) is 5.91 Å². The number of benzene rings is 2. The highest BCUT2D eigenvalue weighted by molar-refractivity contribution is 9.10. The highest BCUT2D eigenvalue weighted by atomic mass is 79.9. The van der Waals surface area contributed by atoms with E-state index in [2.05, 4.69) is 31.9 Å². The lowest BCUT2D eigenvalue weighted by Crippen LogP contribution is -2.24. The number of amides is 2. The van der Waals surface area contributed by atoms with Gasteiger partial charge in [0, 0.05) is 28.0 Å². The predicted molar refractivity (Wildman–Crippen MR) is 100 cm³/mol. The largest absolute Gasteiger partial charge is 0.376 e. The number of rotatable bonds is 6. The minimum atomic E-state index is -0.176. The first-order valence-electron chi connectivity index (χ1n) is 7.67. The number of carbonyl (C=O) groups excluding carboxylic acids is 2. The summed E-state index contributed by atoms with van der Waals surface area (Å²) in [4.78, 5) is 23.9. The number of carbonyl (C=O) groups is 2. The van der Waals surface area contributed by atoms with Gasteiger partial charge in [0.15, 0.2) is 0 Å². The molecule has 0 saturated carbocycles. The molecule has 0 unspecified atom stereocenters. The van der Waals surface area contributed by atoms with E-state index in [1.54, 1.807) is 24.3 Å². The molecule has 6 heteroatoms. The first kappa shape index (κ1) is 18.0. The second-order valence-corrected chi connectivity index (χ2v) is 6.22. The van der Waals surface area contributed by atoms with Crippen molar-refractivity contribution >= 4 is 39.1 Å². The standard InChI is InChI=1S/C18H20BrN3O2/c1-3-20-18(24)13-5-4-6-15(10-13)22-17(23)11-21-16-8-7-14(19)9-12(16)2/h4-10,21H,3,11H2,1-2H3,(H,20,24)(H,22,23). The Morgan fingerprint density at radius 2 is 1.92 bits per heavy atom. The summed E-state index contributed by atoms with van der Waals surface area (Å²) in [5.41, 5.74) is 3.07. The molecule has 0 atom stereocenters. The van der Waals surface area contributed by atoms with Crippen LogP contribution in [-0.2, 0) is 4.79 Å². The molecule has 3 N–H and O–H groups in total. The van der Waals surface area contributed by atoms with Crippen LogP contribution in [0, 0.1) is 6.92 Å². The van der Waals surface area contributed by atoms with E-state index in [9.17, 15) is 9.59 Å². The van der Waals surface area contributed by atoms with Gasteiger partial charge in [-0.2, -0.15) is 0 Å². The summed E-state index contributed by atoms with van der Waals surface area (Å²) < 4.78 is 0.997. The van der Waals surface area contributed by atoms with Crippen molar-refractivity contribution in [1.29, 1.82) is 0 Å². The second-order valence-electron chi connectivity index (χ2n) is 5.30. The van der Waals surface area contributed by atoms with Gasteiger partial charge >= 0.3 is 0 Å². The molecule has 2 amide bonds. The lowest BCUT2D eigenvalue weighted by Gasteiger charge is -2.11. The van der Waals surface area contributed by atoms with Gasteiger partial charge in [0.1, 0.15) is 0 Å². The normalized spacial score (nSPS) is 10.1. The number of nitrogens with one attached hydrogen (secondary N) is 3. The maximum atomic E-state index is 12.1. The lowest BCUT2D eigenvalue weighted by atomic mass is 10.2. The summed E-state index contributed by atoms with van der Waals surface area (Å²) in [6.07, 6.45) is 0. The van der Waals surface area contributed by atoms with Crippen LogP contribution in [-0.4, -0.2) is 24.9 Å². The van der Waals surface area contributed by atoms with Crippen LogP contribution < -0.4 is 16.0 Å². The third-order valence-electron chi connectivity index (χ3n) is 3.37. The molecule has 5 nitrogen and oxygen atoms in total. The molecule has 126 valence electrons. The van der Waals surface area contributed by atoms with Gasteiger partial charge < -0.3 is 16.0 Å². The smallest absolute Gasteiger partial charge is 0.251 e. The molecule has 0 heterocycles.